The Labute approximate surface area is 110 Å². The molecule has 0 saturated heterocycles. The molecule has 0 aliphatic carbocycles. The monoisotopic (exact) mass is 268 g/mol. The van der Waals surface area contributed by atoms with Gasteiger partial charge in [0.1, 0.15) is 4.88 Å². The minimum absolute atomic E-state index is 0.251. The molecule has 0 radical (unpaired) electrons. The number of carbonyl (C=O) groups excluding carboxylic acids is 2. The molecule has 6 heteroatoms. The molecule has 1 aromatic rings. The Hall–Kier alpha value is -1.69. The van der Waals surface area contributed by atoms with Gasteiger partial charge in [-0.15, -0.1) is 0 Å². The van der Waals surface area contributed by atoms with Crippen LogP contribution in [0.2, 0.25) is 0 Å². The van der Waals surface area contributed by atoms with Crippen molar-refractivity contribution in [1.82, 2.24) is 4.98 Å². The molecule has 18 heavy (non-hydrogen) atoms. The molecule has 0 spiro atoms. The third-order valence-electron chi connectivity index (χ3n) is 1.91. The molecule has 1 heterocycles. The lowest BCUT2D eigenvalue weighted by atomic mass is 10.3. The summed E-state index contributed by atoms with van der Waals surface area (Å²) in [4.78, 5) is 27.6. The highest BCUT2D eigenvalue weighted by Crippen LogP contribution is 2.23. The van der Waals surface area contributed by atoms with E-state index in [9.17, 15) is 9.59 Å². The molecular formula is C12H16N2O3S. The second-order valence-electron chi connectivity index (χ2n) is 3.86. The normalized spacial score (nSPS) is 9.78. The van der Waals surface area contributed by atoms with Gasteiger partial charge in [0.25, 0.3) is 0 Å². The van der Waals surface area contributed by atoms with Crippen molar-refractivity contribution in [3.8, 4) is 0 Å². The molecule has 0 unspecified atom stereocenters. The Morgan fingerprint density at radius 1 is 1.44 bits per heavy atom. The molecular weight excluding hydrogens is 252 g/mol. The largest absolute Gasteiger partial charge is 0.462 e. The number of ether oxygens (including phenoxy) is 1. The number of hydrogen-bond donors (Lipinski definition) is 1. The molecule has 1 rings (SSSR count). The number of thiazole rings is 1. The molecule has 0 aromatic carbocycles. The van der Waals surface area contributed by atoms with E-state index in [-0.39, 0.29) is 5.91 Å². The summed E-state index contributed by atoms with van der Waals surface area (Å²) in [7, 11) is 0. The summed E-state index contributed by atoms with van der Waals surface area (Å²) < 4.78 is 4.90. The van der Waals surface area contributed by atoms with Gasteiger partial charge in [-0.2, -0.15) is 0 Å². The Morgan fingerprint density at radius 3 is 2.67 bits per heavy atom. The maximum Gasteiger partial charge on any atom is 0.350 e. The number of amides is 1. The van der Waals surface area contributed by atoms with Gasteiger partial charge in [0.2, 0.25) is 5.91 Å². The molecule has 0 bridgehead atoms. The first-order valence-electron chi connectivity index (χ1n) is 5.54. The molecule has 0 atom stereocenters. The third kappa shape index (κ3) is 3.96. The highest BCUT2D eigenvalue weighted by atomic mass is 32.1. The molecule has 98 valence electrons. The smallest absolute Gasteiger partial charge is 0.350 e. The van der Waals surface area contributed by atoms with Crippen LogP contribution in [-0.2, 0) is 9.53 Å². The van der Waals surface area contributed by atoms with E-state index in [1.54, 1.807) is 13.8 Å². The Bertz CT molecular complexity index is 488. The highest BCUT2D eigenvalue weighted by molar-refractivity contribution is 7.17. The number of carbonyl (C=O) groups is 2. The van der Waals surface area contributed by atoms with Gasteiger partial charge in [-0.25, -0.2) is 9.78 Å². The minimum atomic E-state index is -0.407. The maximum atomic E-state index is 11.6. The van der Waals surface area contributed by atoms with Crippen LogP contribution in [0.5, 0.6) is 0 Å². The summed E-state index contributed by atoms with van der Waals surface area (Å²) in [6.45, 7) is 7.42. The minimum Gasteiger partial charge on any atom is -0.462 e. The van der Waals surface area contributed by atoms with E-state index in [2.05, 4.69) is 10.3 Å². The van der Waals surface area contributed by atoms with Gasteiger partial charge in [0.15, 0.2) is 5.13 Å². The van der Waals surface area contributed by atoms with Gasteiger partial charge in [0, 0.05) is 6.08 Å². The number of anilines is 1. The predicted octanol–water partition coefficient (Wildman–Crippen LogP) is 2.53. The van der Waals surface area contributed by atoms with E-state index in [1.165, 1.54) is 6.08 Å². The molecule has 0 saturated carbocycles. The van der Waals surface area contributed by atoms with Crippen molar-refractivity contribution < 1.29 is 14.3 Å². The van der Waals surface area contributed by atoms with Crippen LogP contribution in [0.15, 0.2) is 11.6 Å². The lowest BCUT2D eigenvalue weighted by molar-refractivity contribution is -0.111. The number of rotatable bonds is 4. The average molecular weight is 268 g/mol. The number of allylic oxidation sites excluding steroid dienone is 1. The van der Waals surface area contributed by atoms with Crippen LogP contribution in [0.1, 0.15) is 36.1 Å². The highest BCUT2D eigenvalue weighted by Gasteiger charge is 2.16. The summed E-state index contributed by atoms with van der Waals surface area (Å²) in [6, 6.07) is 0. The number of aromatic nitrogens is 1. The van der Waals surface area contributed by atoms with Crippen LogP contribution in [0.3, 0.4) is 0 Å². The fourth-order valence-corrected chi connectivity index (χ4v) is 2.10. The first-order valence-corrected chi connectivity index (χ1v) is 6.36. The van der Waals surface area contributed by atoms with E-state index in [0.717, 1.165) is 16.9 Å². The lowest BCUT2D eigenvalue weighted by Gasteiger charge is -1.97. The van der Waals surface area contributed by atoms with E-state index in [0.29, 0.717) is 22.3 Å². The summed E-state index contributed by atoms with van der Waals surface area (Å²) in [5.41, 5.74) is 1.46. The summed E-state index contributed by atoms with van der Waals surface area (Å²) in [5, 5.41) is 3.02. The van der Waals surface area contributed by atoms with Crippen molar-refractivity contribution in [2.75, 3.05) is 11.9 Å². The predicted molar refractivity (Wildman–Crippen MR) is 70.9 cm³/mol. The number of hydrogen-bond acceptors (Lipinski definition) is 5. The van der Waals surface area contributed by atoms with Crippen molar-refractivity contribution in [2.45, 2.75) is 27.7 Å². The molecule has 1 amide bonds. The van der Waals surface area contributed by atoms with Crippen molar-refractivity contribution in [3.63, 3.8) is 0 Å². The van der Waals surface area contributed by atoms with Crippen molar-refractivity contribution >= 4 is 28.3 Å². The van der Waals surface area contributed by atoms with Crippen LogP contribution >= 0.6 is 11.3 Å². The van der Waals surface area contributed by atoms with E-state index in [1.807, 2.05) is 13.8 Å². The van der Waals surface area contributed by atoms with Crippen LogP contribution in [0.4, 0.5) is 5.13 Å². The molecule has 0 aliphatic rings. The third-order valence-corrected chi connectivity index (χ3v) is 2.96. The Balaban J connectivity index is 2.81. The molecule has 0 aliphatic heterocycles. The first-order chi connectivity index (χ1) is 8.43. The number of esters is 1. The lowest BCUT2D eigenvalue weighted by Crippen LogP contribution is -2.07. The number of aryl methyl sites for hydroxylation is 1. The van der Waals surface area contributed by atoms with Gasteiger partial charge in [-0.3, -0.25) is 10.1 Å². The zero-order valence-electron chi connectivity index (χ0n) is 10.9. The number of nitrogens with zero attached hydrogens (tertiary/aromatic N) is 1. The van der Waals surface area contributed by atoms with E-state index in [4.69, 9.17) is 4.74 Å². The quantitative estimate of drug-likeness (QED) is 0.673. The molecule has 5 nitrogen and oxygen atoms in total. The number of nitrogens with one attached hydrogen (secondary N) is 1. The average Bonchev–Trinajstić information content (AvgIpc) is 2.58. The van der Waals surface area contributed by atoms with Crippen molar-refractivity contribution in [2.24, 2.45) is 0 Å². The van der Waals surface area contributed by atoms with Crippen LogP contribution in [0.25, 0.3) is 0 Å². The summed E-state index contributed by atoms with van der Waals surface area (Å²) in [5.74, 6) is -0.658. The summed E-state index contributed by atoms with van der Waals surface area (Å²) in [6.07, 6.45) is 1.47. The Kier molecular flexibility index (Phi) is 5.03. The topological polar surface area (TPSA) is 68.3 Å². The summed E-state index contributed by atoms with van der Waals surface area (Å²) >= 11 is 1.12. The van der Waals surface area contributed by atoms with Gasteiger partial charge < -0.3 is 4.74 Å². The molecule has 1 aromatic heterocycles. The van der Waals surface area contributed by atoms with Crippen LogP contribution < -0.4 is 5.32 Å². The first kappa shape index (κ1) is 14.4. The fourth-order valence-electron chi connectivity index (χ4n) is 1.24. The maximum absolute atomic E-state index is 11.6. The SMILES string of the molecule is CCOC(=O)c1sc(NC(=O)C=C(C)C)nc1C. The van der Waals surface area contributed by atoms with Crippen molar-refractivity contribution in [3.05, 3.63) is 22.2 Å². The zero-order chi connectivity index (χ0) is 13.7. The van der Waals surface area contributed by atoms with E-state index >= 15 is 0 Å². The second kappa shape index (κ2) is 6.30. The van der Waals surface area contributed by atoms with E-state index < -0.39 is 5.97 Å². The van der Waals surface area contributed by atoms with Gasteiger partial charge in [0.05, 0.1) is 12.3 Å². The van der Waals surface area contributed by atoms with Gasteiger partial charge in [-0.1, -0.05) is 16.9 Å². The van der Waals surface area contributed by atoms with Gasteiger partial charge in [-0.05, 0) is 27.7 Å². The van der Waals surface area contributed by atoms with Crippen LogP contribution in [0, 0.1) is 6.92 Å². The van der Waals surface area contributed by atoms with Crippen molar-refractivity contribution in [1.29, 1.82) is 0 Å². The fraction of sp³-hybridized carbons (Fsp3) is 0.417. The molecule has 0 fully saturated rings. The second-order valence-corrected chi connectivity index (χ2v) is 4.86. The zero-order valence-corrected chi connectivity index (χ0v) is 11.7. The molecule has 1 N–H and O–H groups in total. The van der Waals surface area contributed by atoms with Gasteiger partial charge >= 0.3 is 5.97 Å². The van der Waals surface area contributed by atoms with Crippen LogP contribution in [-0.4, -0.2) is 23.5 Å². The Morgan fingerprint density at radius 2 is 2.11 bits per heavy atom. The standard InChI is InChI=1S/C12H16N2O3S/c1-5-17-11(16)10-8(4)13-12(18-10)14-9(15)6-7(2)3/h6H,5H2,1-4H3,(H,13,14,15).